The third-order valence-electron chi connectivity index (χ3n) is 7.49. The molecule has 2 aromatic rings. The van der Waals surface area contributed by atoms with Crippen molar-refractivity contribution in [3.63, 3.8) is 0 Å². The number of nitrogens with one attached hydrogen (secondary N) is 1. The minimum absolute atomic E-state index is 0.122. The number of nitro groups is 1. The molecule has 2 saturated heterocycles. The lowest BCUT2D eigenvalue weighted by Crippen LogP contribution is -2.75. The fraction of sp³-hybridized carbons (Fsp3) is 0.423. The number of fused-ring (bicyclic) bond motifs is 4. The number of rotatable bonds is 5. The summed E-state index contributed by atoms with van der Waals surface area (Å²) in [6.45, 7) is 3.89. The lowest BCUT2D eigenvalue weighted by atomic mass is 9.66. The van der Waals surface area contributed by atoms with Crippen molar-refractivity contribution in [2.45, 2.75) is 45.1 Å². The van der Waals surface area contributed by atoms with Crippen LogP contribution >= 0.6 is 0 Å². The molecule has 12 heteroatoms. The Bertz CT molecular complexity index is 1320. The largest absolute Gasteiger partial charge is 0.497 e. The zero-order valence-corrected chi connectivity index (χ0v) is 21.4. The molecule has 0 unspecified atom stereocenters. The molecule has 0 bridgehead atoms. The molecule has 0 saturated carbocycles. The molecule has 0 aliphatic carbocycles. The number of urea groups is 1. The molecule has 1 spiro atoms. The van der Waals surface area contributed by atoms with Crippen LogP contribution in [-0.2, 0) is 27.3 Å². The van der Waals surface area contributed by atoms with Gasteiger partial charge in [0.25, 0.3) is 5.69 Å². The van der Waals surface area contributed by atoms with Gasteiger partial charge in [-0.1, -0.05) is 0 Å². The van der Waals surface area contributed by atoms with Gasteiger partial charge in [0.05, 0.1) is 43.9 Å². The van der Waals surface area contributed by atoms with Crippen LogP contribution in [0.3, 0.4) is 0 Å². The summed E-state index contributed by atoms with van der Waals surface area (Å²) in [7, 11) is 2.98. The first-order chi connectivity index (χ1) is 18.1. The van der Waals surface area contributed by atoms with E-state index < -0.39 is 40.3 Å². The quantitative estimate of drug-likeness (QED) is 0.355. The van der Waals surface area contributed by atoms with Crippen molar-refractivity contribution in [3.05, 3.63) is 57.6 Å². The first-order valence-corrected chi connectivity index (χ1v) is 12.2. The number of hydrogen-bond acceptors (Lipinski definition) is 9. The molecular formula is C26H28N4O8. The first kappa shape index (κ1) is 25.5. The number of benzene rings is 2. The average Bonchev–Trinajstić information content (AvgIpc) is 2.88. The third-order valence-corrected chi connectivity index (χ3v) is 7.49. The van der Waals surface area contributed by atoms with Crippen LogP contribution in [0.1, 0.15) is 25.0 Å². The van der Waals surface area contributed by atoms with E-state index in [9.17, 15) is 24.5 Å². The molecule has 1 N–H and O–H groups in total. The van der Waals surface area contributed by atoms with Crippen LogP contribution < -0.4 is 19.7 Å². The van der Waals surface area contributed by atoms with E-state index >= 15 is 0 Å². The second kappa shape index (κ2) is 9.28. The van der Waals surface area contributed by atoms with Crippen LogP contribution in [0.15, 0.2) is 36.4 Å². The summed E-state index contributed by atoms with van der Waals surface area (Å²) in [5.41, 5.74) is -0.155. The van der Waals surface area contributed by atoms with Crippen LogP contribution in [0.5, 0.6) is 11.5 Å². The summed E-state index contributed by atoms with van der Waals surface area (Å²) >= 11 is 0. The van der Waals surface area contributed by atoms with Crippen LogP contribution in [-0.4, -0.2) is 66.7 Å². The van der Waals surface area contributed by atoms with Gasteiger partial charge in [0.15, 0.2) is 5.41 Å². The molecule has 4 amide bonds. The molecule has 3 heterocycles. The number of carbonyl (C=O) groups is 3. The molecule has 2 fully saturated rings. The number of ether oxygens (including phenoxy) is 3. The molecular weight excluding hydrogens is 496 g/mol. The number of non-ortho nitro benzene ring substituents is 1. The van der Waals surface area contributed by atoms with Gasteiger partial charge in [-0.05, 0) is 43.2 Å². The molecule has 0 aromatic heterocycles. The zero-order valence-electron chi connectivity index (χ0n) is 21.4. The standard InChI is InChI=1S/C26H28N4O8/c1-14-12-28-21-6-5-18(30(34)35)9-17(21)11-26(22(28)15(2)38-14)23(31)27-25(33)29(24(26)32)13-16-7-19(36-3)10-20(8-16)37-4/h5-10,14-15,22H,11-13H2,1-4H3,(H,27,31,33)/t14-,15+,22+,26-/m1/s1. The van der Waals surface area contributed by atoms with Gasteiger partial charge in [-0.15, -0.1) is 0 Å². The average molecular weight is 525 g/mol. The summed E-state index contributed by atoms with van der Waals surface area (Å²) < 4.78 is 16.7. The maximum absolute atomic E-state index is 14.3. The highest BCUT2D eigenvalue weighted by Gasteiger charge is 2.64. The Labute approximate surface area is 218 Å². The monoisotopic (exact) mass is 524 g/mol. The minimum Gasteiger partial charge on any atom is -0.497 e. The lowest BCUT2D eigenvalue weighted by Gasteiger charge is -2.56. The van der Waals surface area contributed by atoms with Crippen molar-refractivity contribution in [3.8, 4) is 11.5 Å². The number of methoxy groups -OCH3 is 2. The summed E-state index contributed by atoms with van der Waals surface area (Å²) in [6, 6.07) is 7.88. The number of hydrogen-bond donors (Lipinski definition) is 1. The van der Waals surface area contributed by atoms with Gasteiger partial charge in [0.2, 0.25) is 11.8 Å². The molecule has 0 radical (unpaired) electrons. The van der Waals surface area contributed by atoms with E-state index in [1.807, 2.05) is 11.8 Å². The van der Waals surface area contributed by atoms with Gasteiger partial charge < -0.3 is 19.1 Å². The second-order valence-electron chi connectivity index (χ2n) is 9.84. The summed E-state index contributed by atoms with van der Waals surface area (Å²) in [5, 5.41) is 13.9. The molecule has 5 rings (SSSR count). The third kappa shape index (κ3) is 3.92. The van der Waals surface area contributed by atoms with Crippen molar-refractivity contribution in [2.24, 2.45) is 5.41 Å². The van der Waals surface area contributed by atoms with Gasteiger partial charge in [-0.2, -0.15) is 0 Å². The van der Waals surface area contributed by atoms with Crippen LogP contribution in [0.2, 0.25) is 0 Å². The van der Waals surface area contributed by atoms with Crippen molar-refractivity contribution < 1.29 is 33.5 Å². The topological polar surface area (TPSA) is 141 Å². The van der Waals surface area contributed by atoms with Crippen molar-refractivity contribution in [1.29, 1.82) is 0 Å². The SMILES string of the molecule is COc1cc(CN2C(=O)NC(=O)[C@]3(Cc4cc([N+](=O)[O-])ccc4N4C[C@@H](C)O[C@@H](C)[C@H]43)C2=O)cc(OC)c1. The minimum atomic E-state index is -1.75. The van der Waals surface area contributed by atoms with Crippen LogP contribution in [0.4, 0.5) is 16.2 Å². The highest BCUT2D eigenvalue weighted by molar-refractivity contribution is 6.20. The number of anilines is 1. The predicted octanol–water partition coefficient (Wildman–Crippen LogP) is 2.42. The van der Waals surface area contributed by atoms with E-state index in [1.165, 1.54) is 26.4 Å². The number of morpholine rings is 1. The highest BCUT2D eigenvalue weighted by atomic mass is 16.6. The smallest absolute Gasteiger partial charge is 0.331 e. The summed E-state index contributed by atoms with van der Waals surface area (Å²) in [6.07, 6.45) is -0.893. The molecule has 200 valence electrons. The Hall–Kier alpha value is -4.19. The number of amides is 4. The lowest BCUT2D eigenvalue weighted by molar-refractivity contribution is -0.384. The maximum atomic E-state index is 14.3. The van der Waals surface area contributed by atoms with E-state index in [0.717, 1.165) is 4.90 Å². The van der Waals surface area contributed by atoms with Crippen molar-refractivity contribution >= 4 is 29.2 Å². The number of carbonyl (C=O) groups excluding carboxylic acids is 3. The zero-order chi connectivity index (χ0) is 27.4. The Morgan fingerprint density at radius 1 is 1.11 bits per heavy atom. The van der Waals surface area contributed by atoms with Gasteiger partial charge in [-0.3, -0.25) is 29.9 Å². The van der Waals surface area contributed by atoms with Gasteiger partial charge in [-0.25, -0.2) is 4.79 Å². The van der Waals surface area contributed by atoms with Gasteiger partial charge in [0.1, 0.15) is 11.5 Å². The Morgan fingerprint density at radius 3 is 2.42 bits per heavy atom. The fourth-order valence-electron chi connectivity index (χ4n) is 5.96. The molecule has 38 heavy (non-hydrogen) atoms. The summed E-state index contributed by atoms with van der Waals surface area (Å²) in [5.74, 6) is -0.485. The maximum Gasteiger partial charge on any atom is 0.331 e. The Morgan fingerprint density at radius 2 is 1.79 bits per heavy atom. The molecule has 4 atom stereocenters. The van der Waals surface area contributed by atoms with Gasteiger partial charge in [0, 0.05) is 36.9 Å². The number of barbiturate groups is 1. The van der Waals surface area contributed by atoms with Crippen LogP contribution in [0.25, 0.3) is 0 Å². The van der Waals surface area contributed by atoms with E-state index in [-0.39, 0.29) is 24.8 Å². The molecule has 3 aliphatic heterocycles. The van der Waals surface area contributed by atoms with E-state index in [1.54, 1.807) is 31.2 Å². The number of imide groups is 2. The van der Waals surface area contributed by atoms with Crippen LogP contribution in [0, 0.1) is 15.5 Å². The van der Waals surface area contributed by atoms with Crippen molar-refractivity contribution in [1.82, 2.24) is 10.2 Å². The normalized spacial score (nSPS) is 26.5. The van der Waals surface area contributed by atoms with Crippen molar-refractivity contribution in [2.75, 3.05) is 25.7 Å². The predicted molar refractivity (Wildman–Crippen MR) is 134 cm³/mol. The molecule has 12 nitrogen and oxygen atoms in total. The second-order valence-corrected chi connectivity index (χ2v) is 9.84. The molecule has 3 aliphatic rings. The Balaban J connectivity index is 1.62. The van der Waals surface area contributed by atoms with E-state index in [4.69, 9.17) is 14.2 Å². The fourth-order valence-corrected chi connectivity index (χ4v) is 5.96. The summed E-state index contributed by atoms with van der Waals surface area (Å²) in [4.78, 5) is 54.9. The molecule has 2 aromatic carbocycles. The number of nitro benzene ring substituents is 1. The van der Waals surface area contributed by atoms with E-state index in [0.29, 0.717) is 34.9 Å². The van der Waals surface area contributed by atoms with E-state index in [2.05, 4.69) is 5.32 Å². The number of nitrogens with zero attached hydrogens (tertiary/aromatic N) is 3. The first-order valence-electron chi connectivity index (χ1n) is 12.2. The van der Waals surface area contributed by atoms with Gasteiger partial charge >= 0.3 is 6.03 Å². The Kier molecular flexibility index (Phi) is 6.22. The highest BCUT2D eigenvalue weighted by Crippen LogP contribution is 2.48.